The van der Waals surface area contributed by atoms with E-state index in [1.165, 1.54) is 12.8 Å². The lowest BCUT2D eigenvalue weighted by Gasteiger charge is -2.45. The van der Waals surface area contributed by atoms with Crippen LogP contribution < -0.4 is 5.32 Å². The fraction of sp³-hybridized carbons (Fsp3) is 0.667. The van der Waals surface area contributed by atoms with Gasteiger partial charge in [-0.1, -0.05) is 6.92 Å². The molecule has 6 nitrogen and oxygen atoms in total. The van der Waals surface area contributed by atoms with Crippen molar-refractivity contribution in [3.8, 4) is 0 Å². The lowest BCUT2D eigenvalue weighted by atomic mass is 9.79. The molecule has 2 N–H and O–H groups in total. The van der Waals surface area contributed by atoms with Gasteiger partial charge < -0.3 is 10.4 Å². The Morgan fingerprint density at radius 3 is 2.91 bits per heavy atom. The summed E-state index contributed by atoms with van der Waals surface area (Å²) in [5, 5.41) is 27.3. The van der Waals surface area contributed by atoms with Crippen LogP contribution in [0.1, 0.15) is 44.3 Å². The number of aromatic nitrogens is 4. The first-order valence-corrected chi connectivity index (χ1v) is 9.05. The van der Waals surface area contributed by atoms with Crippen molar-refractivity contribution >= 4 is 23.2 Å². The van der Waals surface area contributed by atoms with Crippen molar-refractivity contribution in [1.29, 1.82) is 0 Å². The standard InChI is InChI=1S/C15H21N5OS/c1-2-22-11-7-8-15(11,21)9-16-12-5-6-13-17-18-14(10-3-4-10)20(13)19-12/h5-6,10-11,21H,2-4,7-9H2,1H3,(H,16,19). The summed E-state index contributed by atoms with van der Waals surface area (Å²) in [6, 6.07) is 3.84. The normalized spacial score (nSPS) is 27.8. The molecule has 0 aliphatic heterocycles. The van der Waals surface area contributed by atoms with Gasteiger partial charge in [0.25, 0.3) is 0 Å². The number of aliphatic hydroxyl groups is 1. The number of nitrogens with one attached hydrogen (secondary N) is 1. The predicted molar refractivity (Wildman–Crippen MR) is 87.4 cm³/mol. The van der Waals surface area contributed by atoms with Gasteiger partial charge in [0.1, 0.15) is 5.82 Å². The Bertz CT molecular complexity index is 686. The maximum Gasteiger partial charge on any atom is 0.178 e. The molecule has 118 valence electrons. The lowest BCUT2D eigenvalue weighted by Crippen LogP contribution is -2.54. The summed E-state index contributed by atoms with van der Waals surface area (Å²) in [6.45, 7) is 2.68. The molecule has 2 aromatic heterocycles. The molecule has 2 aliphatic rings. The molecule has 22 heavy (non-hydrogen) atoms. The van der Waals surface area contributed by atoms with Crippen LogP contribution in [0.4, 0.5) is 5.82 Å². The van der Waals surface area contributed by atoms with E-state index in [0.29, 0.717) is 17.7 Å². The second kappa shape index (κ2) is 5.38. The summed E-state index contributed by atoms with van der Waals surface area (Å²) < 4.78 is 1.84. The largest absolute Gasteiger partial charge is 0.387 e. The zero-order chi connectivity index (χ0) is 15.2. The molecule has 0 aromatic carbocycles. The van der Waals surface area contributed by atoms with Crippen LogP contribution >= 0.6 is 11.8 Å². The van der Waals surface area contributed by atoms with Gasteiger partial charge in [0.2, 0.25) is 0 Å². The van der Waals surface area contributed by atoms with Crippen LogP contribution in [-0.4, -0.2) is 48.1 Å². The zero-order valence-electron chi connectivity index (χ0n) is 12.7. The van der Waals surface area contributed by atoms with E-state index in [1.54, 1.807) is 0 Å². The van der Waals surface area contributed by atoms with Gasteiger partial charge in [-0.2, -0.15) is 16.3 Å². The molecule has 2 heterocycles. The third-order valence-corrected chi connectivity index (χ3v) is 6.02. The van der Waals surface area contributed by atoms with Gasteiger partial charge in [0.15, 0.2) is 11.5 Å². The highest BCUT2D eigenvalue weighted by Crippen LogP contribution is 2.41. The first-order chi connectivity index (χ1) is 10.7. The average molecular weight is 319 g/mol. The van der Waals surface area contributed by atoms with Gasteiger partial charge in [-0.3, -0.25) is 0 Å². The Labute approximate surface area is 133 Å². The topological polar surface area (TPSA) is 75.3 Å². The second-order valence-electron chi connectivity index (χ2n) is 6.26. The van der Waals surface area contributed by atoms with Crippen LogP contribution in [0.2, 0.25) is 0 Å². The maximum absolute atomic E-state index is 10.6. The van der Waals surface area contributed by atoms with Crippen LogP contribution in [0.25, 0.3) is 5.65 Å². The Morgan fingerprint density at radius 2 is 2.23 bits per heavy atom. The minimum Gasteiger partial charge on any atom is -0.387 e. The third-order valence-electron chi connectivity index (χ3n) is 4.61. The van der Waals surface area contributed by atoms with E-state index < -0.39 is 5.60 Å². The monoisotopic (exact) mass is 319 g/mol. The van der Waals surface area contributed by atoms with Gasteiger partial charge in [-0.15, -0.1) is 15.3 Å². The predicted octanol–water partition coefficient (Wildman–Crippen LogP) is 2.06. The Balaban J connectivity index is 1.48. The lowest BCUT2D eigenvalue weighted by molar-refractivity contribution is -0.0120. The molecule has 7 heteroatoms. The smallest absolute Gasteiger partial charge is 0.178 e. The zero-order valence-corrected chi connectivity index (χ0v) is 13.5. The van der Waals surface area contributed by atoms with E-state index in [1.807, 2.05) is 28.4 Å². The highest BCUT2D eigenvalue weighted by Gasteiger charge is 2.45. The summed E-state index contributed by atoms with van der Waals surface area (Å²) in [5.41, 5.74) is 0.179. The van der Waals surface area contributed by atoms with Crippen molar-refractivity contribution in [2.24, 2.45) is 0 Å². The molecule has 0 saturated heterocycles. The molecule has 2 fully saturated rings. The summed E-state index contributed by atoms with van der Waals surface area (Å²) in [5.74, 6) is 3.29. The molecule has 0 radical (unpaired) electrons. The average Bonchev–Trinajstić information content (AvgIpc) is 3.28. The van der Waals surface area contributed by atoms with Gasteiger partial charge in [-0.05, 0) is 43.6 Å². The Morgan fingerprint density at radius 1 is 1.36 bits per heavy atom. The van der Waals surface area contributed by atoms with Crippen molar-refractivity contribution in [1.82, 2.24) is 19.8 Å². The number of thioether (sulfide) groups is 1. The fourth-order valence-corrected chi connectivity index (χ4v) is 4.18. The van der Waals surface area contributed by atoms with Crippen LogP contribution in [0, 0.1) is 0 Å². The summed E-state index contributed by atoms with van der Waals surface area (Å²) in [4.78, 5) is 0. The molecule has 2 aromatic rings. The molecule has 2 unspecified atom stereocenters. The van der Waals surface area contributed by atoms with Gasteiger partial charge in [-0.25, -0.2) is 0 Å². The van der Waals surface area contributed by atoms with Gasteiger partial charge in [0, 0.05) is 17.7 Å². The van der Waals surface area contributed by atoms with Gasteiger partial charge >= 0.3 is 0 Å². The molecule has 0 spiro atoms. The van der Waals surface area contributed by atoms with E-state index >= 15 is 0 Å². The molecule has 2 saturated carbocycles. The molecule has 2 aliphatic carbocycles. The van der Waals surface area contributed by atoms with Crippen LogP contribution in [-0.2, 0) is 0 Å². The Hall–Kier alpha value is -1.34. The number of fused-ring (bicyclic) bond motifs is 1. The molecular formula is C15H21N5OS. The van der Waals surface area contributed by atoms with Crippen LogP contribution in [0.5, 0.6) is 0 Å². The highest BCUT2D eigenvalue weighted by molar-refractivity contribution is 8.00. The van der Waals surface area contributed by atoms with E-state index in [2.05, 4.69) is 27.5 Å². The van der Waals surface area contributed by atoms with Crippen LogP contribution in [0.15, 0.2) is 12.1 Å². The van der Waals surface area contributed by atoms with Gasteiger partial charge in [0.05, 0.1) is 5.60 Å². The summed E-state index contributed by atoms with van der Waals surface area (Å²) in [7, 11) is 0. The molecule has 4 rings (SSSR count). The Kier molecular flexibility index (Phi) is 3.49. The number of hydrogen-bond donors (Lipinski definition) is 2. The first-order valence-electron chi connectivity index (χ1n) is 8.00. The van der Waals surface area contributed by atoms with E-state index in [0.717, 1.165) is 35.9 Å². The fourth-order valence-electron chi connectivity index (χ4n) is 2.98. The molecular weight excluding hydrogens is 298 g/mol. The number of rotatable bonds is 6. The van der Waals surface area contributed by atoms with Crippen molar-refractivity contribution in [2.45, 2.75) is 49.4 Å². The minimum absolute atomic E-state index is 0.339. The minimum atomic E-state index is -0.607. The molecule has 2 atom stereocenters. The van der Waals surface area contributed by atoms with E-state index in [-0.39, 0.29) is 0 Å². The second-order valence-corrected chi connectivity index (χ2v) is 7.74. The number of anilines is 1. The van der Waals surface area contributed by atoms with Crippen molar-refractivity contribution in [3.63, 3.8) is 0 Å². The van der Waals surface area contributed by atoms with Crippen LogP contribution in [0.3, 0.4) is 0 Å². The van der Waals surface area contributed by atoms with Crippen molar-refractivity contribution in [3.05, 3.63) is 18.0 Å². The SMILES string of the molecule is CCSC1CCC1(O)CNc1ccc2nnc(C3CC3)n2n1. The molecule has 0 bridgehead atoms. The van der Waals surface area contributed by atoms with E-state index in [4.69, 9.17) is 0 Å². The number of hydrogen-bond acceptors (Lipinski definition) is 6. The maximum atomic E-state index is 10.6. The molecule has 0 amide bonds. The third kappa shape index (κ3) is 2.46. The van der Waals surface area contributed by atoms with Crippen molar-refractivity contribution < 1.29 is 5.11 Å². The van der Waals surface area contributed by atoms with E-state index in [9.17, 15) is 5.11 Å². The van der Waals surface area contributed by atoms with Crippen molar-refractivity contribution in [2.75, 3.05) is 17.6 Å². The highest BCUT2D eigenvalue weighted by atomic mass is 32.2. The number of nitrogens with zero attached hydrogens (tertiary/aromatic N) is 4. The summed E-state index contributed by atoms with van der Waals surface area (Å²) >= 11 is 1.84. The quantitative estimate of drug-likeness (QED) is 0.849. The summed E-state index contributed by atoms with van der Waals surface area (Å²) in [6.07, 6.45) is 4.31. The first kappa shape index (κ1) is 14.3.